The van der Waals surface area contributed by atoms with Crippen molar-refractivity contribution in [3.8, 4) is 22.3 Å². The first-order chi connectivity index (χ1) is 19.3. The first-order valence-corrected chi connectivity index (χ1v) is 13.6. The van der Waals surface area contributed by atoms with Crippen molar-refractivity contribution in [1.82, 2.24) is 0 Å². The molecule has 2 heteroatoms. The van der Waals surface area contributed by atoms with E-state index in [4.69, 9.17) is 16.0 Å². The van der Waals surface area contributed by atoms with Crippen molar-refractivity contribution in [1.29, 1.82) is 0 Å². The highest BCUT2D eigenvalue weighted by molar-refractivity contribution is 6.36. The molecule has 0 saturated carbocycles. The van der Waals surface area contributed by atoms with E-state index in [-0.39, 0.29) is 0 Å². The molecule has 0 fully saturated rings. The molecule has 1 aliphatic carbocycles. The molecule has 0 atom stereocenters. The first-order valence-electron chi connectivity index (χ1n) is 13.2. The Balaban J connectivity index is 1.46. The normalized spacial score (nSPS) is 13.5. The molecule has 0 radical (unpaired) electrons. The molecule has 0 aliphatic heterocycles. The fourth-order valence-corrected chi connectivity index (χ4v) is 6.84. The van der Waals surface area contributed by atoms with Crippen LogP contribution in [0.2, 0.25) is 5.02 Å². The van der Waals surface area contributed by atoms with Crippen molar-refractivity contribution in [2.24, 2.45) is 0 Å². The summed E-state index contributed by atoms with van der Waals surface area (Å²) in [5, 5.41) is 2.74. The van der Waals surface area contributed by atoms with Gasteiger partial charge in [0.2, 0.25) is 0 Å². The number of hydrogen-bond donors (Lipinski definition) is 0. The summed E-state index contributed by atoms with van der Waals surface area (Å²) in [7, 11) is 0. The minimum Gasteiger partial charge on any atom is -0.454 e. The molecule has 0 saturated heterocycles. The summed E-state index contributed by atoms with van der Waals surface area (Å²) in [4.78, 5) is 0. The second-order valence-electron chi connectivity index (χ2n) is 10.2. The predicted octanol–water partition coefficient (Wildman–Crippen LogP) is 10.3. The molecule has 0 spiro atoms. The van der Waals surface area contributed by atoms with Crippen LogP contribution < -0.4 is 0 Å². The van der Waals surface area contributed by atoms with Crippen LogP contribution in [0.25, 0.3) is 44.2 Å². The molecule has 7 aromatic rings. The Morgan fingerprint density at radius 1 is 0.462 bits per heavy atom. The van der Waals surface area contributed by atoms with E-state index in [9.17, 15) is 0 Å². The maximum absolute atomic E-state index is 6.53. The number of para-hydroxylation sites is 2. The van der Waals surface area contributed by atoms with E-state index >= 15 is 0 Å². The Labute approximate surface area is 231 Å². The van der Waals surface area contributed by atoms with Gasteiger partial charge in [-0.1, -0.05) is 139 Å². The van der Waals surface area contributed by atoms with Crippen LogP contribution in [0, 0.1) is 0 Å². The van der Waals surface area contributed by atoms with Crippen molar-refractivity contribution >= 4 is 33.5 Å². The van der Waals surface area contributed by atoms with Gasteiger partial charge < -0.3 is 4.42 Å². The highest BCUT2D eigenvalue weighted by atomic mass is 35.5. The first kappa shape index (κ1) is 22.4. The van der Waals surface area contributed by atoms with Crippen LogP contribution in [-0.4, -0.2) is 0 Å². The minimum absolute atomic E-state index is 0.435. The monoisotopic (exact) mass is 518 g/mol. The summed E-state index contributed by atoms with van der Waals surface area (Å²) >= 11 is 6.53. The van der Waals surface area contributed by atoms with Crippen LogP contribution in [0.1, 0.15) is 22.3 Å². The van der Waals surface area contributed by atoms with Gasteiger partial charge in [-0.25, -0.2) is 0 Å². The van der Waals surface area contributed by atoms with Gasteiger partial charge in [0, 0.05) is 16.3 Å². The second kappa shape index (κ2) is 8.46. The Morgan fingerprint density at radius 3 is 1.79 bits per heavy atom. The van der Waals surface area contributed by atoms with E-state index in [0.717, 1.165) is 33.1 Å². The number of hydrogen-bond acceptors (Lipinski definition) is 1. The zero-order chi connectivity index (χ0) is 26.0. The summed E-state index contributed by atoms with van der Waals surface area (Å²) < 4.78 is 6.44. The third-order valence-corrected chi connectivity index (χ3v) is 8.54. The molecule has 0 unspecified atom stereocenters. The van der Waals surface area contributed by atoms with E-state index < -0.39 is 5.41 Å². The third-order valence-electron chi connectivity index (χ3n) is 8.25. The standard InChI is InChI=1S/C37H23ClO/c38-34-20-10-18-31-30-17-9-16-27(35(30)39-36(31)34)24-21-22-29-28-15-7-8-19-32(28)37(33(29)23-24,25-11-3-1-4-12-25)26-13-5-2-6-14-26/h1-23H. The summed E-state index contributed by atoms with van der Waals surface area (Å²) in [6, 6.07) is 49.8. The topological polar surface area (TPSA) is 13.1 Å². The van der Waals surface area contributed by atoms with Crippen LogP contribution in [0.15, 0.2) is 144 Å². The van der Waals surface area contributed by atoms with Crippen LogP contribution >= 0.6 is 11.6 Å². The van der Waals surface area contributed by atoms with Gasteiger partial charge in [-0.05, 0) is 51.1 Å². The zero-order valence-corrected chi connectivity index (χ0v) is 21.8. The molecule has 0 N–H and O–H groups in total. The number of furan rings is 1. The molecule has 0 amide bonds. The Hall–Kier alpha value is -4.59. The molecule has 1 nitrogen and oxygen atoms in total. The molecule has 39 heavy (non-hydrogen) atoms. The molecule has 8 rings (SSSR count). The van der Waals surface area contributed by atoms with E-state index in [1.54, 1.807) is 0 Å². The van der Waals surface area contributed by atoms with Gasteiger partial charge in [0.15, 0.2) is 5.58 Å². The van der Waals surface area contributed by atoms with Gasteiger partial charge in [-0.2, -0.15) is 0 Å². The van der Waals surface area contributed by atoms with E-state index in [0.29, 0.717) is 5.02 Å². The average Bonchev–Trinajstić information content (AvgIpc) is 3.53. The van der Waals surface area contributed by atoms with Crippen LogP contribution in [-0.2, 0) is 5.41 Å². The minimum atomic E-state index is -0.435. The highest BCUT2D eigenvalue weighted by Crippen LogP contribution is 2.56. The van der Waals surface area contributed by atoms with Crippen LogP contribution in [0.5, 0.6) is 0 Å². The number of benzene rings is 6. The number of fused-ring (bicyclic) bond motifs is 6. The van der Waals surface area contributed by atoms with Gasteiger partial charge in [-0.15, -0.1) is 0 Å². The fourth-order valence-electron chi connectivity index (χ4n) is 6.63. The zero-order valence-electron chi connectivity index (χ0n) is 21.1. The van der Waals surface area contributed by atoms with E-state index in [1.807, 2.05) is 12.1 Å². The maximum Gasteiger partial charge on any atom is 0.154 e. The highest BCUT2D eigenvalue weighted by Gasteiger charge is 2.46. The average molecular weight is 519 g/mol. The predicted molar refractivity (Wildman–Crippen MR) is 161 cm³/mol. The molecule has 6 aromatic carbocycles. The number of rotatable bonds is 3. The lowest BCUT2D eigenvalue weighted by Crippen LogP contribution is -2.28. The van der Waals surface area contributed by atoms with Gasteiger partial charge in [0.25, 0.3) is 0 Å². The van der Waals surface area contributed by atoms with Crippen molar-refractivity contribution < 1.29 is 4.42 Å². The Kier molecular flexibility index (Phi) is 4.86. The molecular weight excluding hydrogens is 496 g/mol. The van der Waals surface area contributed by atoms with Crippen molar-refractivity contribution in [2.45, 2.75) is 5.41 Å². The molecule has 1 aromatic heterocycles. The van der Waals surface area contributed by atoms with Gasteiger partial charge in [-0.3, -0.25) is 0 Å². The Bertz CT molecular complexity index is 1980. The summed E-state index contributed by atoms with van der Waals surface area (Å²) in [6.45, 7) is 0. The second-order valence-corrected chi connectivity index (χ2v) is 10.6. The van der Waals surface area contributed by atoms with Gasteiger partial charge in [0.1, 0.15) is 5.58 Å². The fraction of sp³-hybridized carbons (Fsp3) is 0.0270. The summed E-state index contributed by atoms with van der Waals surface area (Å²) in [5.74, 6) is 0. The van der Waals surface area contributed by atoms with Gasteiger partial charge in [0.05, 0.1) is 10.4 Å². The lowest BCUT2D eigenvalue weighted by molar-refractivity contribution is 0.670. The van der Waals surface area contributed by atoms with Crippen LogP contribution in [0.3, 0.4) is 0 Å². The summed E-state index contributed by atoms with van der Waals surface area (Å²) in [5.41, 5.74) is 11.0. The molecule has 1 heterocycles. The summed E-state index contributed by atoms with van der Waals surface area (Å²) in [6.07, 6.45) is 0. The molecule has 0 bridgehead atoms. The van der Waals surface area contributed by atoms with Crippen molar-refractivity contribution in [3.63, 3.8) is 0 Å². The lowest BCUT2D eigenvalue weighted by Gasteiger charge is -2.34. The van der Waals surface area contributed by atoms with E-state index in [1.165, 1.54) is 33.4 Å². The third kappa shape index (κ3) is 3.08. The SMILES string of the molecule is Clc1cccc2c1oc1c(-c3ccc4c(c3)C(c3ccccc3)(c3ccccc3)c3ccccc3-4)cccc12. The Morgan fingerprint density at radius 2 is 1.05 bits per heavy atom. The molecule has 1 aliphatic rings. The molecular formula is C37H23ClO. The lowest BCUT2D eigenvalue weighted by atomic mass is 9.67. The largest absolute Gasteiger partial charge is 0.454 e. The van der Waals surface area contributed by atoms with E-state index in [2.05, 4.69) is 127 Å². The quantitative estimate of drug-likeness (QED) is 0.227. The van der Waals surface area contributed by atoms with Crippen LogP contribution in [0.4, 0.5) is 0 Å². The molecule has 184 valence electrons. The smallest absolute Gasteiger partial charge is 0.154 e. The number of halogens is 1. The van der Waals surface area contributed by atoms with Crippen molar-refractivity contribution in [2.75, 3.05) is 0 Å². The van der Waals surface area contributed by atoms with Gasteiger partial charge >= 0.3 is 0 Å². The van der Waals surface area contributed by atoms with Crippen molar-refractivity contribution in [3.05, 3.63) is 167 Å². The maximum atomic E-state index is 6.53.